The van der Waals surface area contributed by atoms with E-state index in [4.69, 9.17) is 9.47 Å². The molecular weight excluding hydrogens is 202 g/mol. The van der Waals surface area contributed by atoms with Crippen LogP contribution in [0.2, 0.25) is 0 Å². The number of ether oxygens (including phenoxy) is 2. The van der Waals surface area contributed by atoms with Gasteiger partial charge in [0, 0.05) is 12.6 Å². The minimum absolute atomic E-state index is 0.245. The molecule has 1 unspecified atom stereocenters. The summed E-state index contributed by atoms with van der Waals surface area (Å²) in [5.74, 6) is 1.55. The summed E-state index contributed by atoms with van der Waals surface area (Å²) in [7, 11) is 0. The van der Waals surface area contributed by atoms with Crippen molar-refractivity contribution >= 4 is 0 Å². The van der Waals surface area contributed by atoms with Gasteiger partial charge in [-0.3, -0.25) is 0 Å². The fraction of sp³-hybridized carbons (Fsp3) is 1.00. The van der Waals surface area contributed by atoms with Gasteiger partial charge >= 0.3 is 0 Å². The predicted octanol–water partition coefficient (Wildman–Crippen LogP) is 1.92. The van der Waals surface area contributed by atoms with Crippen LogP contribution in [0.15, 0.2) is 0 Å². The maximum absolute atomic E-state index is 5.81. The zero-order valence-electron chi connectivity index (χ0n) is 10.4. The van der Waals surface area contributed by atoms with E-state index in [9.17, 15) is 0 Å². The fourth-order valence-corrected chi connectivity index (χ4v) is 2.76. The van der Waals surface area contributed by atoms with Crippen molar-refractivity contribution in [1.82, 2.24) is 5.32 Å². The van der Waals surface area contributed by atoms with Gasteiger partial charge in [0.15, 0.2) is 5.79 Å². The van der Waals surface area contributed by atoms with Crippen molar-refractivity contribution in [1.29, 1.82) is 0 Å². The van der Waals surface area contributed by atoms with Gasteiger partial charge in [-0.15, -0.1) is 0 Å². The molecule has 3 heteroatoms. The Morgan fingerprint density at radius 2 is 1.81 bits per heavy atom. The van der Waals surface area contributed by atoms with E-state index in [0.717, 1.165) is 31.0 Å². The van der Waals surface area contributed by atoms with E-state index < -0.39 is 0 Å². The molecule has 1 heterocycles. The molecule has 3 fully saturated rings. The third-order valence-electron chi connectivity index (χ3n) is 3.91. The summed E-state index contributed by atoms with van der Waals surface area (Å²) in [6.07, 6.45) is 5.97. The summed E-state index contributed by atoms with van der Waals surface area (Å²) < 4.78 is 11.4. The zero-order chi connectivity index (χ0) is 11.2. The van der Waals surface area contributed by atoms with E-state index in [1.54, 1.807) is 0 Å². The Labute approximate surface area is 97.9 Å². The first kappa shape index (κ1) is 11.0. The van der Waals surface area contributed by atoms with Gasteiger partial charge in [0.25, 0.3) is 0 Å². The van der Waals surface area contributed by atoms with E-state index in [1.165, 1.54) is 25.7 Å². The molecule has 0 aromatic heterocycles. The van der Waals surface area contributed by atoms with Crippen LogP contribution in [0.25, 0.3) is 0 Å². The smallest absolute Gasteiger partial charge is 0.163 e. The highest BCUT2D eigenvalue weighted by Crippen LogP contribution is 2.44. The lowest BCUT2D eigenvalue weighted by Gasteiger charge is -2.21. The summed E-state index contributed by atoms with van der Waals surface area (Å²) in [5.41, 5.74) is 0. The molecule has 16 heavy (non-hydrogen) atoms. The van der Waals surface area contributed by atoms with Crippen LogP contribution in [-0.4, -0.2) is 31.1 Å². The summed E-state index contributed by atoms with van der Waals surface area (Å²) in [4.78, 5) is 0. The first-order valence-electron chi connectivity index (χ1n) is 6.69. The first-order chi connectivity index (χ1) is 7.64. The van der Waals surface area contributed by atoms with Crippen LogP contribution in [0.3, 0.4) is 0 Å². The number of hydrogen-bond donors (Lipinski definition) is 1. The van der Waals surface area contributed by atoms with E-state index in [2.05, 4.69) is 5.32 Å². The fourth-order valence-electron chi connectivity index (χ4n) is 2.76. The molecule has 0 amide bonds. The quantitative estimate of drug-likeness (QED) is 0.775. The number of nitrogens with one attached hydrogen (secondary N) is 1. The second-order valence-electron chi connectivity index (χ2n) is 6.06. The lowest BCUT2D eigenvalue weighted by atomic mass is 10.1. The Morgan fingerprint density at radius 1 is 1.19 bits per heavy atom. The van der Waals surface area contributed by atoms with Crippen LogP contribution < -0.4 is 5.32 Å². The van der Waals surface area contributed by atoms with E-state index in [-0.39, 0.29) is 11.9 Å². The molecular formula is C13H23NO2. The Hall–Kier alpha value is -0.120. The van der Waals surface area contributed by atoms with Gasteiger partial charge in [-0.25, -0.2) is 0 Å². The number of rotatable bonds is 5. The van der Waals surface area contributed by atoms with Gasteiger partial charge in [0.2, 0.25) is 0 Å². The maximum atomic E-state index is 5.81. The summed E-state index contributed by atoms with van der Waals surface area (Å²) in [6, 6.07) is 0.771. The molecule has 3 aliphatic rings. The average Bonchev–Trinajstić information content (AvgIpc) is 3.08. The van der Waals surface area contributed by atoms with Crippen LogP contribution in [0.5, 0.6) is 0 Å². The van der Waals surface area contributed by atoms with Crippen molar-refractivity contribution in [3.05, 3.63) is 0 Å². The summed E-state index contributed by atoms with van der Waals surface area (Å²) >= 11 is 0. The topological polar surface area (TPSA) is 30.5 Å². The minimum atomic E-state index is -0.374. The highest BCUT2D eigenvalue weighted by molar-refractivity contribution is 4.96. The molecule has 92 valence electrons. The van der Waals surface area contributed by atoms with E-state index >= 15 is 0 Å². The van der Waals surface area contributed by atoms with E-state index in [1.807, 2.05) is 13.8 Å². The van der Waals surface area contributed by atoms with Crippen LogP contribution in [0.4, 0.5) is 0 Å². The van der Waals surface area contributed by atoms with Gasteiger partial charge in [-0.2, -0.15) is 0 Å². The van der Waals surface area contributed by atoms with Crippen LogP contribution in [0.1, 0.15) is 39.5 Å². The van der Waals surface area contributed by atoms with E-state index in [0.29, 0.717) is 0 Å². The average molecular weight is 225 g/mol. The standard InChI is InChI=1S/C13H23NO2/c1-13(2)15-8-11(16-13)7-14-12(9-3-4-9)10-5-6-10/h9-12,14H,3-8H2,1-2H3. The van der Waals surface area contributed by atoms with Crippen molar-refractivity contribution in [3.63, 3.8) is 0 Å². The van der Waals surface area contributed by atoms with Gasteiger partial charge in [0.1, 0.15) is 0 Å². The van der Waals surface area contributed by atoms with Gasteiger partial charge in [0.05, 0.1) is 12.7 Å². The SMILES string of the molecule is CC1(C)OCC(CNC(C2CC2)C2CC2)O1. The molecule has 1 saturated heterocycles. The lowest BCUT2D eigenvalue weighted by Crippen LogP contribution is -2.39. The highest BCUT2D eigenvalue weighted by atomic mass is 16.7. The van der Waals surface area contributed by atoms with Gasteiger partial charge < -0.3 is 14.8 Å². The maximum Gasteiger partial charge on any atom is 0.163 e. The van der Waals surface area contributed by atoms with Crippen LogP contribution >= 0.6 is 0 Å². The molecule has 1 atom stereocenters. The molecule has 2 aliphatic carbocycles. The molecule has 0 radical (unpaired) electrons. The van der Waals surface area contributed by atoms with Crippen molar-refractivity contribution in [2.24, 2.45) is 11.8 Å². The Morgan fingerprint density at radius 3 is 2.25 bits per heavy atom. The Kier molecular flexibility index (Phi) is 2.73. The Balaban J connectivity index is 1.45. The molecule has 3 nitrogen and oxygen atoms in total. The second kappa shape index (κ2) is 3.97. The van der Waals surface area contributed by atoms with Crippen LogP contribution in [-0.2, 0) is 9.47 Å². The largest absolute Gasteiger partial charge is 0.348 e. The molecule has 3 rings (SSSR count). The third kappa shape index (κ3) is 2.58. The zero-order valence-corrected chi connectivity index (χ0v) is 10.4. The molecule has 0 aromatic rings. The van der Waals surface area contributed by atoms with Gasteiger partial charge in [-0.1, -0.05) is 0 Å². The Bertz CT molecular complexity index is 247. The third-order valence-corrected chi connectivity index (χ3v) is 3.91. The minimum Gasteiger partial charge on any atom is -0.348 e. The predicted molar refractivity (Wildman–Crippen MR) is 62.1 cm³/mol. The monoisotopic (exact) mass is 225 g/mol. The number of hydrogen-bond acceptors (Lipinski definition) is 3. The molecule has 1 aliphatic heterocycles. The molecule has 0 aromatic carbocycles. The normalized spacial score (nSPS) is 33.6. The molecule has 1 N–H and O–H groups in total. The highest BCUT2D eigenvalue weighted by Gasteiger charge is 2.42. The first-order valence-corrected chi connectivity index (χ1v) is 6.69. The van der Waals surface area contributed by atoms with Crippen LogP contribution in [0, 0.1) is 11.8 Å². The molecule has 0 spiro atoms. The van der Waals surface area contributed by atoms with Gasteiger partial charge in [-0.05, 0) is 51.4 Å². The van der Waals surface area contributed by atoms with Crippen molar-refractivity contribution < 1.29 is 9.47 Å². The molecule has 0 bridgehead atoms. The molecule has 2 saturated carbocycles. The summed E-state index contributed by atoms with van der Waals surface area (Å²) in [6.45, 7) is 5.68. The van der Waals surface area contributed by atoms with Crippen molar-refractivity contribution in [3.8, 4) is 0 Å². The second-order valence-corrected chi connectivity index (χ2v) is 6.06. The summed E-state index contributed by atoms with van der Waals surface area (Å²) in [5, 5.41) is 3.72. The van der Waals surface area contributed by atoms with Crippen molar-refractivity contribution in [2.45, 2.75) is 57.5 Å². The van der Waals surface area contributed by atoms with Crippen molar-refractivity contribution in [2.75, 3.05) is 13.2 Å². The lowest BCUT2D eigenvalue weighted by molar-refractivity contribution is -0.138.